The molecule has 0 bridgehead atoms. The van der Waals surface area contributed by atoms with Crippen LogP contribution in [0.25, 0.3) is 0 Å². The van der Waals surface area contributed by atoms with Crippen LogP contribution in [-0.4, -0.2) is 42.6 Å². The first-order valence-corrected chi connectivity index (χ1v) is 5.95. The molecule has 2 unspecified atom stereocenters. The lowest BCUT2D eigenvalue weighted by Gasteiger charge is -2.32. The molecule has 0 aliphatic carbocycles. The molecule has 1 amide bonds. The second-order valence-corrected chi connectivity index (χ2v) is 5.48. The van der Waals surface area contributed by atoms with E-state index in [4.69, 9.17) is 9.47 Å². The Kier molecular flexibility index (Phi) is 4.48. The number of hydrogen-bond donors (Lipinski definition) is 1. The van der Waals surface area contributed by atoms with Crippen molar-refractivity contribution < 1.29 is 19.1 Å². The maximum Gasteiger partial charge on any atom is 0.408 e. The van der Waals surface area contributed by atoms with E-state index < -0.39 is 23.3 Å². The number of rotatable bonds is 3. The summed E-state index contributed by atoms with van der Waals surface area (Å²) in [6.07, 6.45) is 1.59. The fourth-order valence-electron chi connectivity index (χ4n) is 1.82. The second kappa shape index (κ2) is 5.50. The largest absolute Gasteiger partial charge is 0.444 e. The Morgan fingerprint density at radius 1 is 1.56 bits per heavy atom. The highest BCUT2D eigenvalue weighted by Gasteiger charge is 2.42. The van der Waals surface area contributed by atoms with Crippen molar-refractivity contribution in [2.24, 2.45) is 4.99 Å². The molecule has 0 aromatic rings. The van der Waals surface area contributed by atoms with Gasteiger partial charge in [0, 0.05) is 6.61 Å². The lowest BCUT2D eigenvalue weighted by Crippen LogP contribution is -2.56. The van der Waals surface area contributed by atoms with E-state index >= 15 is 0 Å². The number of alkyl carbamates (subject to hydrolysis) is 1. The zero-order chi connectivity index (χ0) is 13.8. The third-order valence-corrected chi connectivity index (χ3v) is 2.85. The van der Waals surface area contributed by atoms with Gasteiger partial charge in [-0.2, -0.15) is 0 Å². The molecule has 18 heavy (non-hydrogen) atoms. The second-order valence-electron chi connectivity index (χ2n) is 5.48. The van der Waals surface area contributed by atoms with E-state index in [9.17, 15) is 9.59 Å². The molecule has 6 nitrogen and oxygen atoms in total. The first-order chi connectivity index (χ1) is 8.29. The number of nitrogens with one attached hydrogen (secondary N) is 1. The molecule has 1 rings (SSSR count). The Bertz CT molecular complexity index is 350. The van der Waals surface area contributed by atoms with Gasteiger partial charge in [0.15, 0.2) is 0 Å². The highest BCUT2D eigenvalue weighted by atomic mass is 16.6. The van der Waals surface area contributed by atoms with Crippen LogP contribution in [0.15, 0.2) is 4.99 Å². The van der Waals surface area contributed by atoms with Crippen molar-refractivity contribution in [1.82, 2.24) is 5.32 Å². The molecular weight excluding hydrogens is 236 g/mol. The summed E-state index contributed by atoms with van der Waals surface area (Å²) in [4.78, 5) is 25.8. The van der Waals surface area contributed by atoms with E-state index in [2.05, 4.69) is 10.3 Å². The fraction of sp³-hybridized carbons (Fsp3) is 0.833. The Labute approximate surface area is 107 Å². The highest BCUT2D eigenvalue weighted by molar-refractivity contribution is 5.69. The quantitative estimate of drug-likeness (QED) is 0.611. The first kappa shape index (κ1) is 14.7. The Morgan fingerprint density at radius 2 is 2.22 bits per heavy atom. The van der Waals surface area contributed by atoms with Crippen molar-refractivity contribution in [3.63, 3.8) is 0 Å². The van der Waals surface area contributed by atoms with Crippen LogP contribution < -0.4 is 5.32 Å². The summed E-state index contributed by atoms with van der Waals surface area (Å²) in [5.74, 6) is 0. The fourth-order valence-corrected chi connectivity index (χ4v) is 1.82. The van der Waals surface area contributed by atoms with Crippen molar-refractivity contribution >= 4 is 12.2 Å². The van der Waals surface area contributed by atoms with Crippen LogP contribution in [0.5, 0.6) is 0 Å². The summed E-state index contributed by atoms with van der Waals surface area (Å²) in [5.41, 5.74) is -1.25. The lowest BCUT2D eigenvalue weighted by atomic mass is 9.91. The highest BCUT2D eigenvalue weighted by Crippen LogP contribution is 2.25. The van der Waals surface area contributed by atoms with Crippen molar-refractivity contribution in [2.45, 2.75) is 51.3 Å². The minimum absolute atomic E-state index is 0.318. The topological polar surface area (TPSA) is 77.0 Å². The molecule has 6 heteroatoms. The van der Waals surface area contributed by atoms with Gasteiger partial charge in [-0.1, -0.05) is 0 Å². The van der Waals surface area contributed by atoms with E-state index in [0.717, 1.165) is 0 Å². The van der Waals surface area contributed by atoms with E-state index in [-0.39, 0.29) is 0 Å². The average molecular weight is 256 g/mol. The molecule has 0 aromatic carbocycles. The first-order valence-electron chi connectivity index (χ1n) is 5.95. The molecule has 102 valence electrons. The zero-order valence-corrected chi connectivity index (χ0v) is 11.3. The van der Waals surface area contributed by atoms with Gasteiger partial charge in [0.25, 0.3) is 0 Å². The third kappa shape index (κ3) is 3.82. The van der Waals surface area contributed by atoms with Crippen molar-refractivity contribution in [2.75, 3.05) is 13.2 Å². The van der Waals surface area contributed by atoms with Gasteiger partial charge in [0.2, 0.25) is 6.08 Å². The Morgan fingerprint density at radius 3 is 2.67 bits per heavy atom. The van der Waals surface area contributed by atoms with Crippen LogP contribution in [0.1, 0.15) is 34.1 Å². The number of carbonyl (C=O) groups is 1. The number of carbonyl (C=O) groups excluding carboxylic acids is 2. The number of ether oxygens (including phenoxy) is 2. The predicted molar refractivity (Wildman–Crippen MR) is 65.1 cm³/mol. The Balaban J connectivity index is 2.74. The van der Waals surface area contributed by atoms with Gasteiger partial charge in [-0.25, -0.2) is 14.6 Å². The molecule has 1 fully saturated rings. The number of aliphatic imine (C=N–C) groups is 1. The molecule has 0 radical (unpaired) electrons. The zero-order valence-electron chi connectivity index (χ0n) is 11.3. The molecule has 0 saturated carbocycles. The van der Waals surface area contributed by atoms with Crippen LogP contribution in [0, 0.1) is 0 Å². The van der Waals surface area contributed by atoms with Crippen LogP contribution in [0.3, 0.4) is 0 Å². The van der Waals surface area contributed by atoms with E-state index in [1.165, 1.54) is 6.08 Å². The summed E-state index contributed by atoms with van der Waals surface area (Å²) < 4.78 is 10.5. The van der Waals surface area contributed by atoms with Crippen LogP contribution >= 0.6 is 0 Å². The van der Waals surface area contributed by atoms with Gasteiger partial charge < -0.3 is 14.8 Å². The number of amides is 1. The van der Waals surface area contributed by atoms with Crippen LogP contribution in [0.2, 0.25) is 0 Å². The SMILES string of the molecule is CC(N=C=O)C1(NC(=O)OC(C)(C)C)CCOC1. The van der Waals surface area contributed by atoms with Gasteiger partial charge in [0.1, 0.15) is 5.60 Å². The molecule has 1 aliphatic rings. The summed E-state index contributed by atoms with van der Waals surface area (Å²) in [6.45, 7) is 7.95. The molecule has 1 heterocycles. The number of hydrogen-bond acceptors (Lipinski definition) is 5. The average Bonchev–Trinajstić information content (AvgIpc) is 2.64. The van der Waals surface area contributed by atoms with Crippen molar-refractivity contribution in [3.8, 4) is 0 Å². The maximum absolute atomic E-state index is 11.8. The molecule has 2 atom stereocenters. The van der Waals surface area contributed by atoms with Crippen LogP contribution in [-0.2, 0) is 14.3 Å². The molecule has 1 saturated heterocycles. The monoisotopic (exact) mass is 256 g/mol. The van der Waals surface area contributed by atoms with E-state index in [1.807, 2.05) is 0 Å². The van der Waals surface area contributed by atoms with Crippen molar-refractivity contribution in [1.29, 1.82) is 0 Å². The summed E-state index contributed by atoms with van der Waals surface area (Å²) in [6, 6.07) is -0.398. The molecule has 1 aliphatic heterocycles. The summed E-state index contributed by atoms with van der Waals surface area (Å²) in [7, 11) is 0. The van der Waals surface area contributed by atoms with Gasteiger partial charge in [-0.3, -0.25) is 0 Å². The maximum atomic E-state index is 11.8. The van der Waals surface area contributed by atoms with Gasteiger partial charge in [0.05, 0.1) is 18.2 Å². The third-order valence-electron chi connectivity index (χ3n) is 2.85. The standard InChI is InChI=1S/C12H20N2O4/c1-9(13-8-15)12(5-6-17-7-12)14-10(16)18-11(2,3)4/h9H,5-7H2,1-4H3,(H,14,16). The molecular formula is C12H20N2O4. The number of isocyanates is 1. The summed E-state index contributed by atoms with van der Waals surface area (Å²) >= 11 is 0. The van der Waals surface area contributed by atoms with Gasteiger partial charge >= 0.3 is 6.09 Å². The molecule has 0 aromatic heterocycles. The Hall–Kier alpha value is -1.39. The van der Waals surface area contributed by atoms with Crippen LogP contribution in [0.4, 0.5) is 4.79 Å². The van der Waals surface area contributed by atoms with E-state index in [0.29, 0.717) is 19.6 Å². The minimum atomic E-state index is -0.681. The smallest absolute Gasteiger partial charge is 0.408 e. The van der Waals surface area contributed by atoms with Gasteiger partial charge in [-0.15, -0.1) is 0 Å². The number of nitrogens with zero attached hydrogens (tertiary/aromatic N) is 1. The van der Waals surface area contributed by atoms with Crippen molar-refractivity contribution in [3.05, 3.63) is 0 Å². The minimum Gasteiger partial charge on any atom is -0.444 e. The van der Waals surface area contributed by atoms with E-state index in [1.54, 1.807) is 27.7 Å². The lowest BCUT2D eigenvalue weighted by molar-refractivity contribution is 0.0423. The predicted octanol–water partition coefficient (Wildman–Crippen LogP) is 1.39. The molecule has 0 spiro atoms. The normalized spacial score (nSPS) is 25.1. The van der Waals surface area contributed by atoms with Gasteiger partial charge in [-0.05, 0) is 34.1 Å². The summed E-state index contributed by atoms with van der Waals surface area (Å²) in [5, 5.41) is 2.77. The molecule has 1 N–H and O–H groups in total.